The van der Waals surface area contributed by atoms with E-state index in [-0.39, 0.29) is 12.0 Å². The molecule has 0 saturated heterocycles. The number of thiophene rings is 1. The minimum Gasteiger partial charge on any atom is -0.384 e. The fraction of sp³-hybridized carbons (Fsp3) is 0.286. The maximum atomic E-state index is 13.6. The Morgan fingerprint density at radius 2 is 1.94 bits per heavy atom. The van der Waals surface area contributed by atoms with Gasteiger partial charge < -0.3 is 5.11 Å². The molecule has 2 aromatic rings. The zero-order valence-electron chi connectivity index (χ0n) is 10.2. The normalized spacial score (nSPS) is 14.5. The largest absolute Gasteiger partial charge is 0.384 e. The summed E-state index contributed by atoms with van der Waals surface area (Å²) < 4.78 is 26.7. The molecule has 0 spiro atoms. The minimum atomic E-state index is -1.19. The van der Waals surface area contributed by atoms with E-state index in [9.17, 15) is 13.9 Å². The predicted molar refractivity (Wildman–Crippen MR) is 68.7 cm³/mol. The molecule has 1 unspecified atom stereocenters. The summed E-state index contributed by atoms with van der Waals surface area (Å²) in [4.78, 5) is 1.83. The highest BCUT2D eigenvalue weighted by molar-refractivity contribution is 7.12. The van der Waals surface area contributed by atoms with Crippen molar-refractivity contribution in [3.8, 4) is 0 Å². The maximum absolute atomic E-state index is 13.6. The van der Waals surface area contributed by atoms with Crippen LogP contribution in [0.2, 0.25) is 0 Å². The SMILES string of the molecule is Cc1ccc(C(C)(O)Cc2cccc(F)c2F)s1. The van der Waals surface area contributed by atoms with Crippen molar-refractivity contribution >= 4 is 11.3 Å². The molecule has 0 aliphatic rings. The fourth-order valence-electron chi connectivity index (χ4n) is 1.87. The van der Waals surface area contributed by atoms with E-state index in [1.807, 2.05) is 19.1 Å². The lowest BCUT2D eigenvalue weighted by atomic mass is 9.94. The topological polar surface area (TPSA) is 20.2 Å². The summed E-state index contributed by atoms with van der Waals surface area (Å²) >= 11 is 1.46. The van der Waals surface area contributed by atoms with Crippen LogP contribution in [-0.2, 0) is 12.0 Å². The Morgan fingerprint density at radius 3 is 2.56 bits per heavy atom. The average molecular weight is 268 g/mol. The molecule has 1 heterocycles. The van der Waals surface area contributed by atoms with Gasteiger partial charge in [0.05, 0.1) is 0 Å². The van der Waals surface area contributed by atoms with Crippen LogP contribution in [0.5, 0.6) is 0 Å². The van der Waals surface area contributed by atoms with Crippen LogP contribution in [0.1, 0.15) is 22.2 Å². The molecule has 0 aliphatic carbocycles. The highest BCUT2D eigenvalue weighted by atomic mass is 32.1. The highest BCUT2D eigenvalue weighted by Crippen LogP contribution is 2.31. The number of aryl methyl sites for hydroxylation is 1. The molecular weight excluding hydrogens is 254 g/mol. The van der Waals surface area contributed by atoms with Crippen LogP contribution in [0.3, 0.4) is 0 Å². The second-order valence-electron chi connectivity index (χ2n) is 4.57. The van der Waals surface area contributed by atoms with E-state index in [1.165, 1.54) is 23.5 Å². The van der Waals surface area contributed by atoms with Crippen molar-refractivity contribution in [1.82, 2.24) is 0 Å². The van der Waals surface area contributed by atoms with Gasteiger partial charge in [-0.25, -0.2) is 8.78 Å². The number of benzene rings is 1. The summed E-state index contributed by atoms with van der Waals surface area (Å²) in [7, 11) is 0. The molecule has 1 aromatic carbocycles. The first-order valence-corrected chi connectivity index (χ1v) is 6.44. The zero-order valence-corrected chi connectivity index (χ0v) is 11.0. The van der Waals surface area contributed by atoms with Gasteiger partial charge >= 0.3 is 0 Å². The third-order valence-corrected chi connectivity index (χ3v) is 4.09. The van der Waals surface area contributed by atoms with Crippen LogP contribution in [0.4, 0.5) is 8.78 Å². The molecule has 2 rings (SSSR count). The number of rotatable bonds is 3. The van der Waals surface area contributed by atoms with E-state index in [4.69, 9.17) is 0 Å². The van der Waals surface area contributed by atoms with Gasteiger partial charge in [-0.15, -0.1) is 11.3 Å². The van der Waals surface area contributed by atoms with Crippen molar-refractivity contribution in [2.24, 2.45) is 0 Å². The maximum Gasteiger partial charge on any atom is 0.162 e. The van der Waals surface area contributed by atoms with Gasteiger partial charge in [0, 0.05) is 16.2 Å². The molecule has 1 aromatic heterocycles. The van der Waals surface area contributed by atoms with E-state index in [0.29, 0.717) is 0 Å². The summed E-state index contributed by atoms with van der Waals surface area (Å²) in [5.74, 6) is -1.77. The molecule has 0 aliphatic heterocycles. The van der Waals surface area contributed by atoms with E-state index in [2.05, 4.69) is 0 Å². The van der Waals surface area contributed by atoms with Gasteiger partial charge in [0.2, 0.25) is 0 Å². The van der Waals surface area contributed by atoms with E-state index >= 15 is 0 Å². The van der Waals surface area contributed by atoms with Crippen molar-refractivity contribution in [2.45, 2.75) is 25.9 Å². The Kier molecular flexibility index (Phi) is 3.50. The molecule has 18 heavy (non-hydrogen) atoms. The predicted octanol–water partition coefficient (Wildman–Crippen LogP) is 3.78. The van der Waals surface area contributed by atoms with Crippen LogP contribution in [0.15, 0.2) is 30.3 Å². The highest BCUT2D eigenvalue weighted by Gasteiger charge is 2.27. The second-order valence-corrected chi connectivity index (χ2v) is 5.86. The Morgan fingerprint density at radius 1 is 1.22 bits per heavy atom. The van der Waals surface area contributed by atoms with Crippen molar-refractivity contribution in [1.29, 1.82) is 0 Å². The van der Waals surface area contributed by atoms with Gasteiger partial charge in [-0.2, -0.15) is 0 Å². The van der Waals surface area contributed by atoms with Crippen molar-refractivity contribution in [3.05, 3.63) is 57.3 Å². The smallest absolute Gasteiger partial charge is 0.162 e. The van der Waals surface area contributed by atoms with Crippen LogP contribution in [0, 0.1) is 18.6 Å². The molecule has 96 valence electrons. The lowest BCUT2D eigenvalue weighted by Gasteiger charge is -2.22. The molecule has 0 amide bonds. The first-order chi connectivity index (χ1) is 8.40. The quantitative estimate of drug-likeness (QED) is 0.898. The zero-order chi connectivity index (χ0) is 13.3. The molecular formula is C14H14F2OS. The summed E-state index contributed by atoms with van der Waals surface area (Å²) in [6, 6.07) is 7.73. The van der Waals surface area contributed by atoms with Crippen LogP contribution in [-0.4, -0.2) is 5.11 Å². The molecule has 0 saturated carbocycles. The van der Waals surface area contributed by atoms with Gasteiger partial charge in [0.1, 0.15) is 5.60 Å². The first kappa shape index (κ1) is 13.2. The van der Waals surface area contributed by atoms with Crippen molar-refractivity contribution < 1.29 is 13.9 Å². The monoisotopic (exact) mass is 268 g/mol. The number of halogens is 2. The Bertz CT molecular complexity index is 561. The Hall–Kier alpha value is -1.26. The standard InChI is InChI=1S/C14H14F2OS/c1-9-6-7-12(18-9)14(2,17)8-10-4-3-5-11(15)13(10)16/h3-7,17H,8H2,1-2H3. The van der Waals surface area contributed by atoms with Gasteiger partial charge in [0.15, 0.2) is 11.6 Å². The van der Waals surface area contributed by atoms with Gasteiger partial charge in [-0.1, -0.05) is 12.1 Å². The Labute approximate surface area is 109 Å². The molecule has 1 atom stereocenters. The summed E-state index contributed by atoms with van der Waals surface area (Å²) in [5.41, 5.74) is -1.00. The van der Waals surface area contributed by atoms with E-state index in [0.717, 1.165) is 15.8 Å². The van der Waals surface area contributed by atoms with Crippen molar-refractivity contribution in [2.75, 3.05) is 0 Å². The first-order valence-electron chi connectivity index (χ1n) is 5.62. The second kappa shape index (κ2) is 4.78. The molecule has 1 N–H and O–H groups in total. The van der Waals surface area contributed by atoms with Crippen LogP contribution < -0.4 is 0 Å². The summed E-state index contributed by atoms with van der Waals surface area (Å²) in [6.07, 6.45) is 0.0521. The van der Waals surface area contributed by atoms with Crippen LogP contribution >= 0.6 is 11.3 Å². The third kappa shape index (κ3) is 2.60. The summed E-state index contributed by atoms with van der Waals surface area (Å²) in [6.45, 7) is 3.55. The fourth-order valence-corrected chi connectivity index (χ4v) is 2.78. The van der Waals surface area contributed by atoms with Gasteiger partial charge in [0.25, 0.3) is 0 Å². The van der Waals surface area contributed by atoms with Crippen molar-refractivity contribution in [3.63, 3.8) is 0 Å². The summed E-state index contributed by atoms with van der Waals surface area (Å²) in [5, 5.41) is 10.4. The van der Waals surface area contributed by atoms with Gasteiger partial charge in [-0.05, 0) is 37.6 Å². The third-order valence-electron chi connectivity index (χ3n) is 2.84. The van der Waals surface area contributed by atoms with Gasteiger partial charge in [-0.3, -0.25) is 0 Å². The Balaban J connectivity index is 2.30. The molecule has 4 heteroatoms. The minimum absolute atomic E-state index is 0.0521. The van der Waals surface area contributed by atoms with E-state index in [1.54, 1.807) is 6.92 Å². The van der Waals surface area contributed by atoms with Crippen LogP contribution in [0.25, 0.3) is 0 Å². The average Bonchev–Trinajstić information content (AvgIpc) is 2.72. The molecule has 1 nitrogen and oxygen atoms in total. The number of hydrogen-bond donors (Lipinski definition) is 1. The lowest BCUT2D eigenvalue weighted by Crippen LogP contribution is -2.23. The molecule has 0 radical (unpaired) electrons. The number of aliphatic hydroxyl groups is 1. The molecule has 0 bridgehead atoms. The number of hydrogen-bond acceptors (Lipinski definition) is 2. The molecule has 0 fully saturated rings. The lowest BCUT2D eigenvalue weighted by molar-refractivity contribution is 0.0604. The van der Waals surface area contributed by atoms with E-state index < -0.39 is 17.2 Å².